The fraction of sp³-hybridized carbons (Fsp3) is 0.778. The summed E-state index contributed by atoms with van der Waals surface area (Å²) in [5, 5.41) is 10.6. The predicted molar refractivity (Wildman–Crippen MR) is 51.4 cm³/mol. The Balaban J connectivity index is 3.56. The second kappa shape index (κ2) is 6.97. The number of carboxylic acids is 1. The smallest absolute Gasteiger partial charge is 0.422 e. The predicted octanol–water partition coefficient (Wildman–Crippen LogP) is 1.78. The van der Waals surface area contributed by atoms with E-state index in [4.69, 9.17) is 5.11 Å². The highest BCUT2D eigenvalue weighted by atomic mass is 19.4. The van der Waals surface area contributed by atoms with Crippen molar-refractivity contribution in [1.29, 1.82) is 0 Å². The molecule has 0 aromatic carbocycles. The molecule has 0 aromatic rings. The molecule has 0 aromatic heterocycles. The van der Waals surface area contributed by atoms with Crippen LogP contribution in [0.15, 0.2) is 0 Å². The third kappa shape index (κ3) is 9.46. The maximum Gasteiger partial charge on any atom is 0.422 e. The highest BCUT2D eigenvalue weighted by Gasteiger charge is 2.29. The second-order valence-electron chi connectivity index (χ2n) is 3.50. The lowest BCUT2D eigenvalue weighted by Crippen LogP contribution is -2.30. The van der Waals surface area contributed by atoms with Crippen molar-refractivity contribution in [3.8, 4) is 0 Å². The van der Waals surface area contributed by atoms with Crippen LogP contribution in [0.2, 0.25) is 0 Å². The summed E-state index contributed by atoms with van der Waals surface area (Å²) in [5.74, 6) is -1.51. The topological polar surface area (TPSA) is 75.6 Å². The fourth-order valence-corrected chi connectivity index (χ4v) is 0.921. The van der Waals surface area contributed by atoms with E-state index in [1.54, 1.807) is 0 Å². The molecule has 0 aliphatic carbocycles. The van der Waals surface area contributed by atoms with Crippen LogP contribution >= 0.6 is 0 Å². The third-order valence-electron chi connectivity index (χ3n) is 1.87. The number of carbonyl (C=O) groups excluding carboxylic acids is 1. The number of hydrogen-bond donors (Lipinski definition) is 2. The van der Waals surface area contributed by atoms with E-state index in [0.717, 1.165) is 0 Å². The first-order valence-corrected chi connectivity index (χ1v) is 4.92. The maximum atomic E-state index is 11.6. The molecule has 0 saturated heterocycles. The van der Waals surface area contributed by atoms with Gasteiger partial charge in [0.05, 0.1) is 5.92 Å². The van der Waals surface area contributed by atoms with E-state index in [-0.39, 0.29) is 6.54 Å². The Morgan fingerprint density at radius 2 is 2.00 bits per heavy atom. The normalized spacial score (nSPS) is 12.9. The maximum absolute atomic E-state index is 11.6. The lowest BCUT2D eigenvalue weighted by Gasteiger charge is -2.09. The number of hydrogen-bond acceptors (Lipinski definition) is 3. The van der Waals surface area contributed by atoms with E-state index in [1.807, 2.05) is 0 Å². The van der Waals surface area contributed by atoms with Crippen molar-refractivity contribution >= 4 is 12.1 Å². The van der Waals surface area contributed by atoms with Gasteiger partial charge >= 0.3 is 18.2 Å². The van der Waals surface area contributed by atoms with Crippen LogP contribution in [0.1, 0.15) is 19.8 Å². The average Bonchev–Trinajstić information content (AvgIpc) is 2.20. The Bertz CT molecular complexity index is 267. The second-order valence-corrected chi connectivity index (χ2v) is 3.50. The molecule has 0 aliphatic rings. The molecular weight excluding hydrogens is 243 g/mol. The van der Waals surface area contributed by atoms with Gasteiger partial charge in [-0.25, -0.2) is 4.79 Å². The number of alkyl halides is 3. The van der Waals surface area contributed by atoms with E-state index in [0.29, 0.717) is 12.8 Å². The summed E-state index contributed by atoms with van der Waals surface area (Å²) in [6.45, 7) is -0.0526. The Kier molecular flexibility index (Phi) is 6.37. The number of alkyl carbamates (subject to hydrolysis) is 1. The number of carbonyl (C=O) groups is 2. The van der Waals surface area contributed by atoms with E-state index in [9.17, 15) is 22.8 Å². The molecule has 2 N–H and O–H groups in total. The van der Waals surface area contributed by atoms with E-state index in [1.165, 1.54) is 6.92 Å². The van der Waals surface area contributed by atoms with Crippen LogP contribution in [0.25, 0.3) is 0 Å². The Labute approximate surface area is 95.9 Å². The highest BCUT2D eigenvalue weighted by molar-refractivity contribution is 5.69. The van der Waals surface area contributed by atoms with Crippen LogP contribution < -0.4 is 5.32 Å². The van der Waals surface area contributed by atoms with E-state index >= 15 is 0 Å². The summed E-state index contributed by atoms with van der Waals surface area (Å²) in [7, 11) is 0. The van der Waals surface area contributed by atoms with Gasteiger partial charge in [-0.2, -0.15) is 13.2 Å². The first kappa shape index (κ1) is 15.5. The minimum absolute atomic E-state index is 0.0777. The Morgan fingerprint density at radius 1 is 1.41 bits per heavy atom. The zero-order chi connectivity index (χ0) is 13.5. The molecule has 1 unspecified atom stereocenters. The SMILES string of the molecule is CC(CCCNC(=O)OCC(F)(F)F)C(=O)O. The molecule has 1 atom stereocenters. The zero-order valence-electron chi connectivity index (χ0n) is 9.21. The number of rotatable bonds is 6. The van der Waals surface area contributed by atoms with Crippen molar-refractivity contribution in [1.82, 2.24) is 5.32 Å². The van der Waals surface area contributed by atoms with Gasteiger partial charge in [-0.3, -0.25) is 4.79 Å². The van der Waals surface area contributed by atoms with Crippen LogP contribution in [-0.2, 0) is 9.53 Å². The van der Waals surface area contributed by atoms with Crippen molar-refractivity contribution in [3.05, 3.63) is 0 Å². The fourth-order valence-electron chi connectivity index (χ4n) is 0.921. The van der Waals surface area contributed by atoms with Gasteiger partial charge in [0.15, 0.2) is 6.61 Å². The molecule has 17 heavy (non-hydrogen) atoms. The molecule has 0 radical (unpaired) electrons. The monoisotopic (exact) mass is 257 g/mol. The number of halogens is 3. The number of carboxylic acid groups (broad SMARTS) is 1. The molecule has 5 nitrogen and oxygen atoms in total. The molecule has 100 valence electrons. The number of ether oxygens (including phenoxy) is 1. The third-order valence-corrected chi connectivity index (χ3v) is 1.87. The van der Waals surface area contributed by atoms with Crippen LogP contribution in [-0.4, -0.2) is 36.5 Å². The Hall–Kier alpha value is -1.47. The molecule has 0 heterocycles. The molecule has 0 spiro atoms. The quantitative estimate of drug-likeness (QED) is 0.711. The van der Waals surface area contributed by atoms with Gasteiger partial charge in [-0.1, -0.05) is 6.92 Å². The van der Waals surface area contributed by atoms with Crippen LogP contribution in [0.4, 0.5) is 18.0 Å². The van der Waals surface area contributed by atoms with Crippen molar-refractivity contribution in [2.24, 2.45) is 5.92 Å². The minimum Gasteiger partial charge on any atom is -0.481 e. The lowest BCUT2D eigenvalue weighted by atomic mass is 10.1. The van der Waals surface area contributed by atoms with E-state index in [2.05, 4.69) is 10.1 Å². The molecular formula is C9H14F3NO4. The van der Waals surface area contributed by atoms with Gasteiger partial charge in [0.25, 0.3) is 0 Å². The number of aliphatic carboxylic acids is 1. The molecule has 0 fully saturated rings. The molecule has 0 aliphatic heterocycles. The molecule has 8 heteroatoms. The molecule has 1 amide bonds. The van der Waals surface area contributed by atoms with Crippen molar-refractivity contribution in [2.45, 2.75) is 25.9 Å². The van der Waals surface area contributed by atoms with Gasteiger partial charge in [0.1, 0.15) is 0 Å². The largest absolute Gasteiger partial charge is 0.481 e. The lowest BCUT2D eigenvalue weighted by molar-refractivity contribution is -0.160. The van der Waals surface area contributed by atoms with Crippen molar-refractivity contribution < 1.29 is 32.6 Å². The highest BCUT2D eigenvalue weighted by Crippen LogP contribution is 2.14. The number of nitrogens with one attached hydrogen (secondary N) is 1. The first-order valence-electron chi connectivity index (χ1n) is 4.92. The summed E-state index contributed by atoms with van der Waals surface area (Å²) >= 11 is 0. The van der Waals surface area contributed by atoms with Gasteiger partial charge in [-0.15, -0.1) is 0 Å². The zero-order valence-corrected chi connectivity index (χ0v) is 9.21. The first-order chi connectivity index (χ1) is 7.72. The van der Waals surface area contributed by atoms with Crippen LogP contribution in [0.5, 0.6) is 0 Å². The summed E-state index contributed by atoms with van der Waals surface area (Å²) in [6.07, 6.45) is -5.02. The molecule has 0 bridgehead atoms. The van der Waals surface area contributed by atoms with Gasteiger partial charge in [0, 0.05) is 6.54 Å². The van der Waals surface area contributed by atoms with Gasteiger partial charge < -0.3 is 15.2 Å². The average molecular weight is 257 g/mol. The summed E-state index contributed by atoms with van der Waals surface area (Å²) in [4.78, 5) is 21.1. The number of amides is 1. The standard InChI is InChI=1S/C9H14F3NO4/c1-6(7(14)15)3-2-4-13-8(16)17-5-9(10,11)12/h6H,2-5H2,1H3,(H,13,16)(H,14,15). The van der Waals surface area contributed by atoms with Gasteiger partial charge in [-0.05, 0) is 12.8 Å². The molecule has 0 saturated carbocycles. The minimum atomic E-state index is -4.55. The van der Waals surface area contributed by atoms with Crippen LogP contribution in [0, 0.1) is 5.92 Å². The van der Waals surface area contributed by atoms with Crippen molar-refractivity contribution in [3.63, 3.8) is 0 Å². The van der Waals surface area contributed by atoms with Crippen molar-refractivity contribution in [2.75, 3.05) is 13.2 Å². The Morgan fingerprint density at radius 3 is 2.47 bits per heavy atom. The summed E-state index contributed by atoms with van der Waals surface area (Å²) in [5.41, 5.74) is 0. The van der Waals surface area contributed by atoms with Crippen LogP contribution in [0.3, 0.4) is 0 Å². The summed E-state index contributed by atoms with van der Waals surface area (Å²) < 4.78 is 38.8. The van der Waals surface area contributed by atoms with Gasteiger partial charge in [0.2, 0.25) is 0 Å². The summed E-state index contributed by atoms with van der Waals surface area (Å²) in [6, 6.07) is 0. The van der Waals surface area contributed by atoms with E-state index < -0.39 is 30.8 Å². The molecule has 0 rings (SSSR count).